The number of hydrogen-bond donors (Lipinski definition) is 1. The van der Waals surface area contributed by atoms with Gasteiger partial charge < -0.3 is 5.11 Å². The molecule has 114 valence electrons. The number of aryl methyl sites for hydroxylation is 1. The molecule has 1 rings (SSSR count). The Balaban J connectivity index is 2.97. The van der Waals surface area contributed by atoms with Gasteiger partial charge in [-0.3, -0.25) is 4.79 Å². The normalized spacial score (nSPS) is 12.3. The Morgan fingerprint density at radius 1 is 1.50 bits per heavy atom. The largest absolute Gasteiger partial charge is 0.481 e. The molecule has 0 aliphatic carbocycles. The van der Waals surface area contributed by atoms with Crippen LogP contribution in [-0.2, 0) is 14.8 Å². The molecule has 0 spiro atoms. The van der Waals surface area contributed by atoms with Gasteiger partial charge in [-0.15, -0.1) is 11.3 Å². The van der Waals surface area contributed by atoms with Crippen LogP contribution in [0.1, 0.15) is 32.3 Å². The fourth-order valence-electron chi connectivity index (χ4n) is 1.72. The molecule has 1 N–H and O–H groups in total. The van der Waals surface area contributed by atoms with Crippen molar-refractivity contribution in [3.63, 3.8) is 0 Å². The lowest BCUT2D eigenvalue weighted by Gasteiger charge is -2.24. The maximum Gasteiger partial charge on any atom is 0.303 e. The van der Waals surface area contributed by atoms with E-state index >= 15 is 0 Å². The first-order valence-corrected chi connectivity index (χ1v) is 9.20. The number of sulfonamides is 1. The van der Waals surface area contributed by atoms with Gasteiger partial charge in [0.1, 0.15) is 4.21 Å². The maximum absolute atomic E-state index is 12.6. The van der Waals surface area contributed by atoms with Crippen molar-refractivity contribution < 1.29 is 18.3 Å². The first-order valence-electron chi connectivity index (χ1n) is 6.16. The highest BCUT2D eigenvalue weighted by Crippen LogP contribution is 2.33. The smallest absolute Gasteiger partial charge is 0.303 e. The van der Waals surface area contributed by atoms with Gasteiger partial charge in [-0.05, 0) is 54.8 Å². The first kappa shape index (κ1) is 17.6. The van der Waals surface area contributed by atoms with Crippen LogP contribution in [-0.4, -0.2) is 36.4 Å². The molecule has 1 aromatic heterocycles. The van der Waals surface area contributed by atoms with E-state index in [0.29, 0.717) is 6.42 Å². The van der Waals surface area contributed by atoms with E-state index < -0.39 is 16.0 Å². The number of thiophene rings is 1. The number of aliphatic carboxylic acids is 1. The molecule has 20 heavy (non-hydrogen) atoms. The molecule has 0 aliphatic heterocycles. The third-order valence-corrected chi connectivity index (χ3v) is 7.40. The summed E-state index contributed by atoms with van der Waals surface area (Å²) >= 11 is 4.50. The Morgan fingerprint density at radius 3 is 2.50 bits per heavy atom. The van der Waals surface area contributed by atoms with Gasteiger partial charge >= 0.3 is 5.97 Å². The van der Waals surface area contributed by atoms with Crippen LogP contribution in [0.25, 0.3) is 0 Å². The topological polar surface area (TPSA) is 74.7 Å². The highest BCUT2D eigenvalue weighted by atomic mass is 79.9. The Kier molecular flexibility index (Phi) is 6.18. The molecule has 0 amide bonds. The summed E-state index contributed by atoms with van der Waals surface area (Å²) in [6, 6.07) is 1.42. The number of carbonyl (C=O) groups is 1. The molecule has 0 atom stereocenters. The zero-order valence-corrected chi connectivity index (χ0v) is 14.8. The van der Waals surface area contributed by atoms with Crippen molar-refractivity contribution in [2.24, 2.45) is 0 Å². The van der Waals surface area contributed by atoms with Crippen molar-refractivity contribution in [2.45, 2.75) is 43.9 Å². The first-order chi connectivity index (χ1) is 9.16. The molecule has 0 aromatic carbocycles. The van der Waals surface area contributed by atoms with Crippen LogP contribution in [0.15, 0.2) is 14.1 Å². The van der Waals surface area contributed by atoms with Gasteiger partial charge in [0.15, 0.2) is 0 Å². The van der Waals surface area contributed by atoms with E-state index in [-0.39, 0.29) is 23.2 Å². The molecular weight excluding hydrogens is 366 g/mol. The Bertz CT molecular complexity index is 561. The van der Waals surface area contributed by atoms with E-state index in [1.807, 2.05) is 6.92 Å². The van der Waals surface area contributed by atoms with E-state index in [9.17, 15) is 13.2 Å². The van der Waals surface area contributed by atoms with Crippen molar-refractivity contribution in [3.8, 4) is 0 Å². The average molecular weight is 384 g/mol. The minimum absolute atomic E-state index is 0.0358. The third kappa shape index (κ3) is 4.28. The molecule has 0 bridgehead atoms. The van der Waals surface area contributed by atoms with Crippen LogP contribution in [0.3, 0.4) is 0 Å². The van der Waals surface area contributed by atoms with Gasteiger partial charge in [0, 0.05) is 19.0 Å². The quantitative estimate of drug-likeness (QED) is 0.784. The van der Waals surface area contributed by atoms with E-state index in [2.05, 4.69) is 15.9 Å². The second kappa shape index (κ2) is 7.02. The maximum atomic E-state index is 12.6. The summed E-state index contributed by atoms with van der Waals surface area (Å²) in [5.41, 5.74) is 0.878. The summed E-state index contributed by atoms with van der Waals surface area (Å²) < 4.78 is 27.6. The number of nitrogens with zero attached hydrogens (tertiary/aromatic N) is 1. The highest BCUT2D eigenvalue weighted by Gasteiger charge is 2.28. The molecule has 0 fully saturated rings. The molecule has 0 unspecified atom stereocenters. The van der Waals surface area contributed by atoms with Gasteiger partial charge in [-0.1, -0.05) is 0 Å². The zero-order valence-electron chi connectivity index (χ0n) is 11.6. The monoisotopic (exact) mass is 383 g/mol. The minimum Gasteiger partial charge on any atom is -0.481 e. The number of rotatable bonds is 7. The number of carboxylic acids is 1. The fourth-order valence-corrected chi connectivity index (χ4v) is 5.75. The van der Waals surface area contributed by atoms with Crippen molar-refractivity contribution >= 4 is 43.3 Å². The van der Waals surface area contributed by atoms with Gasteiger partial charge in [0.05, 0.1) is 3.79 Å². The third-order valence-electron chi connectivity index (χ3n) is 2.74. The SMILES string of the molecule is Cc1cc(S(=O)(=O)N(CCCC(=O)O)C(C)C)sc1Br. The molecule has 1 aromatic rings. The Labute approximate surface area is 131 Å². The molecule has 1 heterocycles. The lowest BCUT2D eigenvalue weighted by atomic mass is 10.3. The predicted octanol–water partition coefficient (Wildman–Crippen LogP) is 3.08. The lowest BCUT2D eigenvalue weighted by Crippen LogP contribution is -2.37. The summed E-state index contributed by atoms with van der Waals surface area (Å²) in [6.07, 6.45) is 0.268. The minimum atomic E-state index is -3.57. The van der Waals surface area contributed by atoms with Crippen LogP contribution in [0, 0.1) is 6.92 Å². The molecular formula is C12H18BrNO4S2. The second-order valence-corrected chi connectivity index (χ2v) is 9.22. The van der Waals surface area contributed by atoms with Crippen molar-refractivity contribution in [3.05, 3.63) is 15.4 Å². The van der Waals surface area contributed by atoms with E-state index in [1.165, 1.54) is 15.6 Å². The van der Waals surface area contributed by atoms with Crippen LogP contribution in [0.2, 0.25) is 0 Å². The highest BCUT2D eigenvalue weighted by molar-refractivity contribution is 9.11. The van der Waals surface area contributed by atoms with E-state index in [4.69, 9.17) is 5.11 Å². The second-order valence-electron chi connectivity index (χ2n) is 4.73. The number of hydrogen-bond acceptors (Lipinski definition) is 4. The number of halogens is 1. The predicted molar refractivity (Wildman–Crippen MR) is 82.7 cm³/mol. The van der Waals surface area contributed by atoms with Crippen LogP contribution in [0.5, 0.6) is 0 Å². The fraction of sp³-hybridized carbons (Fsp3) is 0.583. The lowest BCUT2D eigenvalue weighted by molar-refractivity contribution is -0.137. The number of carboxylic acid groups (broad SMARTS) is 1. The van der Waals surface area contributed by atoms with E-state index in [0.717, 1.165) is 9.35 Å². The van der Waals surface area contributed by atoms with Gasteiger partial charge in [0.25, 0.3) is 10.0 Å². The van der Waals surface area contributed by atoms with Crippen molar-refractivity contribution in [2.75, 3.05) is 6.54 Å². The average Bonchev–Trinajstić information content (AvgIpc) is 2.65. The molecule has 5 nitrogen and oxygen atoms in total. The standard InChI is InChI=1S/C12H18BrNO4S2/c1-8(2)14(6-4-5-10(15)16)20(17,18)11-7-9(3)12(13)19-11/h7-8H,4-6H2,1-3H3,(H,15,16). The van der Waals surface area contributed by atoms with Crippen LogP contribution < -0.4 is 0 Å². The van der Waals surface area contributed by atoms with Crippen molar-refractivity contribution in [1.82, 2.24) is 4.31 Å². The molecule has 0 saturated carbocycles. The molecule has 0 radical (unpaired) electrons. The van der Waals surface area contributed by atoms with Crippen molar-refractivity contribution in [1.29, 1.82) is 0 Å². The summed E-state index contributed by atoms with van der Waals surface area (Å²) in [7, 11) is -3.57. The van der Waals surface area contributed by atoms with Gasteiger partial charge in [0.2, 0.25) is 0 Å². The molecule has 0 aliphatic rings. The molecule has 8 heteroatoms. The van der Waals surface area contributed by atoms with Crippen LogP contribution >= 0.6 is 27.3 Å². The summed E-state index contributed by atoms with van der Waals surface area (Å²) in [4.78, 5) is 10.5. The summed E-state index contributed by atoms with van der Waals surface area (Å²) in [6.45, 7) is 5.62. The van der Waals surface area contributed by atoms with Crippen LogP contribution in [0.4, 0.5) is 0 Å². The molecule has 0 saturated heterocycles. The van der Waals surface area contributed by atoms with E-state index in [1.54, 1.807) is 19.9 Å². The van der Waals surface area contributed by atoms with Gasteiger partial charge in [-0.25, -0.2) is 8.42 Å². The summed E-state index contributed by atoms with van der Waals surface area (Å²) in [5, 5.41) is 8.65. The zero-order chi connectivity index (χ0) is 15.5. The Morgan fingerprint density at radius 2 is 2.10 bits per heavy atom. The Hall–Kier alpha value is -0.440. The van der Waals surface area contributed by atoms with Gasteiger partial charge in [-0.2, -0.15) is 4.31 Å². The summed E-state index contributed by atoms with van der Waals surface area (Å²) in [5.74, 6) is -0.916.